The fourth-order valence-electron chi connectivity index (χ4n) is 3.62. The van der Waals surface area contributed by atoms with E-state index in [0.29, 0.717) is 29.6 Å². The summed E-state index contributed by atoms with van der Waals surface area (Å²) in [5, 5.41) is 2.92. The molecule has 162 valence electrons. The van der Waals surface area contributed by atoms with Crippen molar-refractivity contribution in [3.63, 3.8) is 0 Å². The van der Waals surface area contributed by atoms with Gasteiger partial charge in [-0.1, -0.05) is 0 Å². The Hall–Kier alpha value is -3.31. The first kappa shape index (κ1) is 20.9. The van der Waals surface area contributed by atoms with Crippen LogP contribution in [0, 0.1) is 0 Å². The van der Waals surface area contributed by atoms with E-state index in [1.54, 1.807) is 22.9 Å². The number of methoxy groups -OCH3 is 1. The third-order valence-corrected chi connectivity index (χ3v) is 7.21. The molecule has 0 bridgehead atoms. The van der Waals surface area contributed by atoms with Gasteiger partial charge in [0.05, 0.1) is 17.4 Å². The monoisotopic (exact) mass is 443 g/mol. The fourth-order valence-corrected chi connectivity index (χ4v) is 5.09. The van der Waals surface area contributed by atoms with Gasteiger partial charge in [0, 0.05) is 31.0 Å². The minimum Gasteiger partial charge on any atom is -0.453 e. The molecule has 0 aliphatic carbocycles. The average molecular weight is 443 g/mol. The first-order valence-corrected chi connectivity index (χ1v) is 11.1. The van der Waals surface area contributed by atoms with Crippen LogP contribution in [0.1, 0.15) is 18.9 Å². The summed E-state index contributed by atoms with van der Waals surface area (Å²) in [6.07, 6.45) is 3.43. The van der Waals surface area contributed by atoms with Crippen LogP contribution in [0.4, 0.5) is 10.5 Å². The second-order valence-electron chi connectivity index (χ2n) is 7.11. The van der Waals surface area contributed by atoms with E-state index in [0.717, 1.165) is 0 Å². The van der Waals surface area contributed by atoms with Gasteiger partial charge < -0.3 is 4.74 Å². The zero-order valence-corrected chi connectivity index (χ0v) is 17.6. The van der Waals surface area contributed by atoms with Crippen molar-refractivity contribution in [1.29, 1.82) is 0 Å². The maximum atomic E-state index is 13.0. The number of rotatable bonds is 4. The number of pyridine rings is 1. The Morgan fingerprint density at radius 3 is 2.52 bits per heavy atom. The van der Waals surface area contributed by atoms with Gasteiger partial charge in [-0.25, -0.2) is 23.2 Å². The van der Waals surface area contributed by atoms with Gasteiger partial charge in [0.1, 0.15) is 6.33 Å². The summed E-state index contributed by atoms with van der Waals surface area (Å²) in [6, 6.07) is 9.14. The summed E-state index contributed by atoms with van der Waals surface area (Å²) in [5.41, 5.74) is 0.657. The summed E-state index contributed by atoms with van der Waals surface area (Å²) in [6.45, 7) is 0.569. The van der Waals surface area contributed by atoms with E-state index in [1.165, 1.54) is 42.0 Å². The number of piperidine rings is 1. The van der Waals surface area contributed by atoms with Crippen LogP contribution < -0.4 is 10.9 Å². The first-order valence-electron chi connectivity index (χ1n) is 9.67. The Kier molecular flexibility index (Phi) is 5.70. The second-order valence-corrected chi connectivity index (χ2v) is 9.05. The number of anilines is 1. The Morgan fingerprint density at radius 2 is 1.84 bits per heavy atom. The van der Waals surface area contributed by atoms with E-state index < -0.39 is 16.1 Å². The van der Waals surface area contributed by atoms with E-state index in [4.69, 9.17) is 0 Å². The number of benzene rings is 1. The highest BCUT2D eigenvalue weighted by atomic mass is 32.2. The normalized spacial score (nSPS) is 15.6. The Balaban J connectivity index is 1.47. The Labute approximate surface area is 178 Å². The number of hydrogen-bond donors (Lipinski definition) is 1. The van der Waals surface area contributed by atoms with Gasteiger partial charge in [-0.15, -0.1) is 0 Å². The molecular weight excluding hydrogens is 422 g/mol. The summed E-state index contributed by atoms with van der Waals surface area (Å²) in [5.74, 6) is 0. The minimum absolute atomic E-state index is 0.136. The van der Waals surface area contributed by atoms with Crippen LogP contribution in [-0.4, -0.2) is 53.6 Å². The zero-order valence-electron chi connectivity index (χ0n) is 16.8. The standard InChI is InChI=1S/C20H21N5O5S/c1-30-20(27)23-14-4-6-16(7-5-14)31(28,29)24-11-8-15(9-12-24)25-13-22-18-17(19(25)26)3-2-10-21-18/h2-7,10,13,15H,8-9,11-12H2,1H3,(H,23,27). The molecule has 4 rings (SSSR count). The van der Waals surface area contributed by atoms with Crippen LogP contribution >= 0.6 is 0 Å². The molecule has 0 spiro atoms. The molecule has 31 heavy (non-hydrogen) atoms. The number of nitrogens with one attached hydrogen (secondary N) is 1. The lowest BCUT2D eigenvalue weighted by Gasteiger charge is -2.32. The molecule has 0 radical (unpaired) electrons. The van der Waals surface area contributed by atoms with E-state index in [9.17, 15) is 18.0 Å². The summed E-state index contributed by atoms with van der Waals surface area (Å²) >= 11 is 0. The first-order chi connectivity index (χ1) is 14.9. The van der Waals surface area contributed by atoms with Crippen LogP contribution in [-0.2, 0) is 14.8 Å². The number of aromatic nitrogens is 3. The summed E-state index contributed by atoms with van der Waals surface area (Å²) in [4.78, 5) is 32.5. The van der Waals surface area contributed by atoms with Crippen molar-refractivity contribution < 1.29 is 17.9 Å². The summed E-state index contributed by atoms with van der Waals surface area (Å²) in [7, 11) is -2.44. The highest BCUT2D eigenvalue weighted by Gasteiger charge is 2.30. The molecule has 2 aromatic heterocycles. The van der Waals surface area contributed by atoms with Gasteiger partial charge in [-0.3, -0.25) is 14.7 Å². The van der Waals surface area contributed by atoms with Gasteiger partial charge in [0.15, 0.2) is 5.65 Å². The van der Waals surface area contributed by atoms with Crippen molar-refractivity contribution in [3.05, 3.63) is 59.3 Å². The molecule has 1 aliphatic rings. The molecule has 1 fully saturated rings. The van der Waals surface area contributed by atoms with Crippen molar-refractivity contribution >= 4 is 32.8 Å². The van der Waals surface area contributed by atoms with Gasteiger partial charge in [0.2, 0.25) is 10.0 Å². The molecule has 0 atom stereocenters. The number of sulfonamides is 1. The number of carbonyl (C=O) groups excluding carboxylic acids is 1. The molecule has 1 N–H and O–H groups in total. The molecule has 3 heterocycles. The lowest BCUT2D eigenvalue weighted by Crippen LogP contribution is -2.40. The number of hydrogen-bond acceptors (Lipinski definition) is 7. The molecule has 0 saturated carbocycles. The maximum Gasteiger partial charge on any atom is 0.411 e. The average Bonchev–Trinajstić information content (AvgIpc) is 2.80. The minimum atomic E-state index is -3.69. The smallest absolute Gasteiger partial charge is 0.411 e. The topological polar surface area (TPSA) is 123 Å². The molecule has 0 unspecified atom stereocenters. The molecular formula is C20H21N5O5S. The molecule has 10 nitrogen and oxygen atoms in total. The number of amides is 1. The third-order valence-electron chi connectivity index (χ3n) is 5.30. The number of nitrogens with zero attached hydrogens (tertiary/aromatic N) is 4. The van der Waals surface area contributed by atoms with Gasteiger partial charge in [-0.2, -0.15) is 4.31 Å². The van der Waals surface area contributed by atoms with Crippen molar-refractivity contribution in [2.24, 2.45) is 0 Å². The van der Waals surface area contributed by atoms with Gasteiger partial charge in [-0.05, 0) is 49.2 Å². The fraction of sp³-hybridized carbons (Fsp3) is 0.300. The largest absolute Gasteiger partial charge is 0.453 e. The van der Waals surface area contributed by atoms with E-state index >= 15 is 0 Å². The third kappa shape index (κ3) is 4.14. The van der Waals surface area contributed by atoms with Crippen LogP contribution in [0.25, 0.3) is 11.0 Å². The molecule has 1 aliphatic heterocycles. The maximum absolute atomic E-state index is 13.0. The predicted molar refractivity (Wildman–Crippen MR) is 113 cm³/mol. The Morgan fingerprint density at radius 1 is 1.13 bits per heavy atom. The van der Waals surface area contributed by atoms with Crippen LogP contribution in [0.3, 0.4) is 0 Å². The van der Waals surface area contributed by atoms with Crippen LogP contribution in [0.5, 0.6) is 0 Å². The summed E-state index contributed by atoms with van der Waals surface area (Å²) < 4.78 is 33.5. The molecule has 1 aromatic carbocycles. The highest BCUT2D eigenvalue weighted by Crippen LogP contribution is 2.27. The molecule has 11 heteroatoms. The zero-order chi connectivity index (χ0) is 22.0. The van der Waals surface area contributed by atoms with Crippen molar-refractivity contribution in [2.45, 2.75) is 23.8 Å². The van der Waals surface area contributed by atoms with Crippen molar-refractivity contribution in [3.8, 4) is 0 Å². The van der Waals surface area contributed by atoms with Gasteiger partial charge >= 0.3 is 6.09 Å². The van der Waals surface area contributed by atoms with E-state index in [2.05, 4.69) is 20.0 Å². The van der Waals surface area contributed by atoms with E-state index in [-0.39, 0.29) is 29.6 Å². The number of carbonyl (C=O) groups is 1. The number of fused-ring (bicyclic) bond motifs is 1. The lowest BCUT2D eigenvalue weighted by molar-refractivity contribution is 0.187. The highest BCUT2D eigenvalue weighted by molar-refractivity contribution is 7.89. The van der Waals surface area contributed by atoms with Gasteiger partial charge in [0.25, 0.3) is 5.56 Å². The van der Waals surface area contributed by atoms with Crippen molar-refractivity contribution in [2.75, 3.05) is 25.5 Å². The predicted octanol–water partition coefficient (Wildman–Crippen LogP) is 2.00. The lowest BCUT2D eigenvalue weighted by atomic mass is 10.1. The molecule has 3 aromatic rings. The molecule has 1 amide bonds. The Bertz CT molecular complexity index is 1270. The second kappa shape index (κ2) is 8.44. The SMILES string of the molecule is COC(=O)Nc1ccc(S(=O)(=O)N2CCC(n3cnc4ncccc4c3=O)CC2)cc1. The quantitative estimate of drug-likeness (QED) is 0.654. The van der Waals surface area contributed by atoms with Crippen LogP contribution in [0.2, 0.25) is 0 Å². The van der Waals surface area contributed by atoms with Crippen LogP contribution in [0.15, 0.2) is 58.6 Å². The van der Waals surface area contributed by atoms with E-state index in [1.807, 2.05) is 0 Å². The number of ether oxygens (including phenoxy) is 1. The van der Waals surface area contributed by atoms with Crippen molar-refractivity contribution in [1.82, 2.24) is 18.8 Å². The molecule has 1 saturated heterocycles.